The summed E-state index contributed by atoms with van der Waals surface area (Å²) in [5.41, 5.74) is 4.26. The molecule has 0 spiro atoms. The van der Waals surface area contributed by atoms with Crippen LogP contribution < -0.4 is 14.8 Å². The van der Waals surface area contributed by atoms with Crippen molar-refractivity contribution in [2.75, 3.05) is 12.4 Å². The van der Waals surface area contributed by atoms with Crippen molar-refractivity contribution >= 4 is 51.5 Å². The minimum absolute atomic E-state index is 0.423. The van der Waals surface area contributed by atoms with Gasteiger partial charge in [-0.1, -0.05) is 41.4 Å². The van der Waals surface area contributed by atoms with Crippen molar-refractivity contribution in [2.45, 2.75) is 20.1 Å². The molecule has 0 aliphatic carbocycles. The van der Waals surface area contributed by atoms with Gasteiger partial charge in [-0.3, -0.25) is 0 Å². The van der Waals surface area contributed by atoms with Crippen LogP contribution in [0.15, 0.2) is 54.6 Å². The quantitative estimate of drug-likeness (QED) is 0.332. The Balaban J connectivity index is 1.74. The normalized spacial score (nSPS) is 10.6. The lowest BCUT2D eigenvalue weighted by atomic mass is 10.1. The second-order valence-electron chi connectivity index (χ2n) is 6.34. The molecule has 0 saturated carbocycles. The number of aryl methyl sites for hydroxylation is 1. The van der Waals surface area contributed by atoms with Gasteiger partial charge in [-0.15, -0.1) is 0 Å². The third-order valence-corrected chi connectivity index (χ3v) is 5.52. The molecule has 3 nitrogen and oxygen atoms in total. The van der Waals surface area contributed by atoms with Gasteiger partial charge in [0.2, 0.25) is 0 Å². The second-order valence-corrected chi connectivity index (χ2v) is 8.38. The zero-order valence-electron chi connectivity index (χ0n) is 15.6. The third kappa shape index (κ3) is 5.46. The van der Waals surface area contributed by atoms with Gasteiger partial charge in [0, 0.05) is 22.3 Å². The summed E-state index contributed by atoms with van der Waals surface area (Å²) in [6.07, 6.45) is 0. The third-order valence-electron chi connectivity index (χ3n) is 4.24. The Morgan fingerprint density at radius 3 is 2.50 bits per heavy atom. The van der Waals surface area contributed by atoms with E-state index in [1.807, 2.05) is 48.5 Å². The molecule has 0 aliphatic rings. The number of rotatable bonds is 7. The van der Waals surface area contributed by atoms with Crippen LogP contribution in [0.2, 0.25) is 10.0 Å². The van der Waals surface area contributed by atoms with E-state index in [9.17, 15) is 0 Å². The largest absolute Gasteiger partial charge is 0.493 e. The van der Waals surface area contributed by atoms with Crippen LogP contribution in [0.25, 0.3) is 0 Å². The number of hydrogen-bond acceptors (Lipinski definition) is 3. The minimum atomic E-state index is 0.423. The van der Waals surface area contributed by atoms with Crippen LogP contribution in [0.3, 0.4) is 0 Å². The highest BCUT2D eigenvalue weighted by Gasteiger charge is 2.12. The van der Waals surface area contributed by atoms with Gasteiger partial charge in [0.15, 0.2) is 11.5 Å². The van der Waals surface area contributed by atoms with Crippen molar-refractivity contribution in [2.24, 2.45) is 0 Å². The SMILES string of the molecule is COc1cc(CNc2cc(Cl)ccc2C)cc(I)c1OCc1cccc(Cl)c1. The van der Waals surface area contributed by atoms with E-state index in [1.54, 1.807) is 7.11 Å². The Labute approximate surface area is 189 Å². The molecule has 0 saturated heterocycles. The molecule has 0 radical (unpaired) electrons. The molecule has 28 heavy (non-hydrogen) atoms. The maximum atomic E-state index is 6.10. The molecule has 0 amide bonds. The molecule has 3 aromatic rings. The topological polar surface area (TPSA) is 30.5 Å². The van der Waals surface area contributed by atoms with Crippen LogP contribution in [0, 0.1) is 10.5 Å². The van der Waals surface area contributed by atoms with Crippen LogP contribution in [-0.4, -0.2) is 7.11 Å². The van der Waals surface area contributed by atoms with Crippen molar-refractivity contribution in [3.05, 3.63) is 84.9 Å². The molecule has 0 unspecified atom stereocenters. The molecule has 0 bridgehead atoms. The molecule has 3 aromatic carbocycles. The second kappa shape index (κ2) is 9.72. The molecule has 3 rings (SSSR count). The Morgan fingerprint density at radius 1 is 0.964 bits per heavy atom. The fourth-order valence-electron chi connectivity index (χ4n) is 2.78. The van der Waals surface area contributed by atoms with E-state index in [-0.39, 0.29) is 0 Å². The lowest BCUT2D eigenvalue weighted by Gasteiger charge is -2.16. The summed E-state index contributed by atoms with van der Waals surface area (Å²) in [5.74, 6) is 1.43. The standard InChI is InChI=1S/C22H20Cl2INO2/c1-14-6-7-18(24)11-20(14)26-12-16-9-19(25)22(21(10-16)27-2)28-13-15-4-3-5-17(23)8-15/h3-11,26H,12-13H2,1-2H3. The minimum Gasteiger partial charge on any atom is -0.493 e. The number of nitrogens with one attached hydrogen (secondary N) is 1. The number of anilines is 1. The first-order valence-corrected chi connectivity index (χ1v) is 10.5. The van der Waals surface area contributed by atoms with Gasteiger partial charge in [0.1, 0.15) is 6.61 Å². The Bertz CT molecular complexity index is 979. The zero-order valence-corrected chi connectivity index (χ0v) is 19.2. The summed E-state index contributed by atoms with van der Waals surface area (Å²) in [5, 5.41) is 4.84. The van der Waals surface area contributed by atoms with Gasteiger partial charge in [-0.25, -0.2) is 0 Å². The average molecular weight is 528 g/mol. The van der Waals surface area contributed by atoms with Gasteiger partial charge in [0.05, 0.1) is 10.7 Å². The van der Waals surface area contributed by atoms with Gasteiger partial charge in [-0.2, -0.15) is 0 Å². The number of ether oxygens (including phenoxy) is 2. The fraction of sp³-hybridized carbons (Fsp3) is 0.182. The first kappa shape index (κ1) is 21.1. The molecule has 1 N–H and O–H groups in total. The van der Waals surface area contributed by atoms with E-state index in [4.69, 9.17) is 32.7 Å². The number of halogens is 3. The maximum absolute atomic E-state index is 6.10. The molecule has 0 aromatic heterocycles. The Kier molecular flexibility index (Phi) is 7.32. The first-order valence-electron chi connectivity index (χ1n) is 8.70. The van der Waals surface area contributed by atoms with E-state index in [1.165, 1.54) is 0 Å². The number of benzene rings is 3. The summed E-state index contributed by atoms with van der Waals surface area (Å²) in [6.45, 7) is 3.13. The molecule has 0 aliphatic heterocycles. The van der Waals surface area contributed by atoms with Gasteiger partial charge < -0.3 is 14.8 Å². The first-order chi connectivity index (χ1) is 13.5. The molecular formula is C22H20Cl2INO2. The average Bonchev–Trinajstić information content (AvgIpc) is 2.67. The van der Waals surface area contributed by atoms with Gasteiger partial charge >= 0.3 is 0 Å². The van der Waals surface area contributed by atoms with Crippen molar-refractivity contribution < 1.29 is 9.47 Å². The highest BCUT2D eigenvalue weighted by Crippen LogP contribution is 2.35. The highest BCUT2D eigenvalue weighted by molar-refractivity contribution is 14.1. The van der Waals surface area contributed by atoms with E-state index < -0.39 is 0 Å². The molecule has 0 heterocycles. The molecular weight excluding hydrogens is 508 g/mol. The van der Waals surface area contributed by atoms with Crippen molar-refractivity contribution in [3.8, 4) is 11.5 Å². The molecule has 6 heteroatoms. The van der Waals surface area contributed by atoms with E-state index in [2.05, 4.69) is 40.9 Å². The smallest absolute Gasteiger partial charge is 0.174 e. The monoisotopic (exact) mass is 527 g/mol. The van der Waals surface area contributed by atoms with E-state index >= 15 is 0 Å². The molecule has 0 fully saturated rings. The summed E-state index contributed by atoms with van der Waals surface area (Å²) in [6, 6.07) is 17.5. The van der Waals surface area contributed by atoms with Crippen LogP contribution in [0.1, 0.15) is 16.7 Å². The lowest BCUT2D eigenvalue weighted by molar-refractivity contribution is 0.282. The maximum Gasteiger partial charge on any atom is 0.174 e. The molecule has 146 valence electrons. The summed E-state index contributed by atoms with van der Waals surface area (Å²) in [4.78, 5) is 0. The summed E-state index contributed by atoms with van der Waals surface area (Å²) < 4.78 is 12.6. The number of methoxy groups -OCH3 is 1. The highest BCUT2D eigenvalue weighted by atomic mass is 127. The van der Waals surface area contributed by atoms with Crippen molar-refractivity contribution in [3.63, 3.8) is 0 Å². The van der Waals surface area contributed by atoms with Crippen molar-refractivity contribution in [1.29, 1.82) is 0 Å². The summed E-state index contributed by atoms with van der Waals surface area (Å²) in [7, 11) is 1.65. The van der Waals surface area contributed by atoms with Crippen molar-refractivity contribution in [1.82, 2.24) is 0 Å². The fourth-order valence-corrected chi connectivity index (χ4v) is 3.99. The van der Waals surface area contributed by atoms with Gasteiger partial charge in [0.25, 0.3) is 0 Å². The number of hydrogen-bond donors (Lipinski definition) is 1. The van der Waals surface area contributed by atoms with E-state index in [0.29, 0.717) is 28.9 Å². The predicted octanol–water partition coefficient (Wildman–Crippen LogP) is 7.11. The van der Waals surface area contributed by atoms with Crippen LogP contribution in [-0.2, 0) is 13.2 Å². The zero-order chi connectivity index (χ0) is 20.1. The lowest BCUT2D eigenvalue weighted by Crippen LogP contribution is -2.04. The summed E-state index contributed by atoms with van der Waals surface area (Å²) >= 11 is 14.4. The van der Waals surface area contributed by atoms with Gasteiger partial charge in [-0.05, 0) is 82.6 Å². The van der Waals surface area contributed by atoms with Crippen LogP contribution >= 0.6 is 45.8 Å². The Hall–Kier alpha value is -1.63. The molecule has 0 atom stereocenters. The van der Waals surface area contributed by atoms with E-state index in [0.717, 1.165) is 31.7 Å². The Morgan fingerprint density at radius 2 is 1.75 bits per heavy atom. The predicted molar refractivity (Wildman–Crippen MR) is 125 cm³/mol. The van der Waals surface area contributed by atoms with Crippen LogP contribution in [0.4, 0.5) is 5.69 Å². The van der Waals surface area contributed by atoms with Crippen LogP contribution in [0.5, 0.6) is 11.5 Å².